The van der Waals surface area contributed by atoms with E-state index in [1.54, 1.807) is 24.4 Å². The maximum Gasteiger partial charge on any atom is 0.271 e. The molecule has 12 heteroatoms. The highest BCUT2D eigenvalue weighted by Gasteiger charge is 2.62. The Labute approximate surface area is 275 Å². The van der Waals surface area contributed by atoms with Gasteiger partial charge in [-0.05, 0) is 86.1 Å². The van der Waals surface area contributed by atoms with Gasteiger partial charge in [-0.3, -0.25) is 14.6 Å². The monoisotopic (exact) mass is 655 g/mol. The second-order valence-corrected chi connectivity index (χ2v) is 13.3. The zero-order valence-corrected chi connectivity index (χ0v) is 27.7. The molecule has 4 aromatic rings. The van der Waals surface area contributed by atoms with Gasteiger partial charge in [0.25, 0.3) is 15.9 Å². The van der Waals surface area contributed by atoms with Crippen molar-refractivity contribution in [1.29, 1.82) is 5.26 Å². The minimum Gasteiger partial charge on any atom is -0.497 e. The van der Waals surface area contributed by atoms with Crippen molar-refractivity contribution in [3.8, 4) is 17.6 Å². The first kappa shape index (κ1) is 32.2. The lowest BCUT2D eigenvalue weighted by Gasteiger charge is -2.41. The number of anilines is 1. The molecule has 3 heterocycles. The van der Waals surface area contributed by atoms with Gasteiger partial charge in [0, 0.05) is 24.2 Å². The highest BCUT2D eigenvalue weighted by molar-refractivity contribution is 7.93. The summed E-state index contributed by atoms with van der Waals surface area (Å²) in [6, 6.07) is 18.1. The van der Waals surface area contributed by atoms with Crippen LogP contribution in [0.4, 0.5) is 5.69 Å². The molecular formula is C35H37N5O6S. The summed E-state index contributed by atoms with van der Waals surface area (Å²) in [4.78, 5) is 24.1. The van der Waals surface area contributed by atoms with Gasteiger partial charge >= 0.3 is 0 Å². The molecule has 1 saturated heterocycles. The van der Waals surface area contributed by atoms with Crippen molar-refractivity contribution in [1.82, 2.24) is 14.8 Å². The summed E-state index contributed by atoms with van der Waals surface area (Å²) in [5.74, 6) is 0.611. The Morgan fingerprint density at radius 1 is 1.04 bits per heavy atom. The van der Waals surface area contributed by atoms with E-state index < -0.39 is 27.5 Å². The SMILES string of the molecule is CCN(CC)Cc1ccc(OC)c(C2(N3CCCC3c3ncco3)C(=O)N(S(=O)(=O)c3ccc(OC)cc3)c3ccc(C#N)cc32)c1. The van der Waals surface area contributed by atoms with Gasteiger partial charge < -0.3 is 13.9 Å². The summed E-state index contributed by atoms with van der Waals surface area (Å²) in [7, 11) is -1.43. The molecule has 3 aromatic carbocycles. The van der Waals surface area contributed by atoms with Gasteiger partial charge in [-0.15, -0.1) is 0 Å². The Balaban J connectivity index is 1.67. The van der Waals surface area contributed by atoms with Crippen LogP contribution in [-0.4, -0.2) is 63.0 Å². The number of benzene rings is 3. The molecule has 2 aliphatic rings. The normalized spacial score (nSPS) is 19.6. The fourth-order valence-corrected chi connectivity index (χ4v) is 8.35. The maximum absolute atomic E-state index is 15.5. The van der Waals surface area contributed by atoms with Crippen LogP contribution in [0.2, 0.25) is 0 Å². The molecule has 2 aliphatic heterocycles. The van der Waals surface area contributed by atoms with E-state index in [0.29, 0.717) is 54.4 Å². The Kier molecular flexibility index (Phi) is 8.80. The number of amides is 1. The lowest BCUT2D eigenvalue weighted by Crippen LogP contribution is -2.54. The quantitative estimate of drug-likeness (QED) is 0.212. The zero-order chi connectivity index (χ0) is 33.3. The third-order valence-corrected chi connectivity index (χ3v) is 10.9. The van der Waals surface area contributed by atoms with Crippen molar-refractivity contribution in [2.75, 3.05) is 38.2 Å². The molecule has 1 fully saturated rings. The fourth-order valence-electron chi connectivity index (χ4n) is 6.89. The molecule has 11 nitrogen and oxygen atoms in total. The summed E-state index contributed by atoms with van der Waals surface area (Å²) < 4.78 is 47.0. The molecule has 0 radical (unpaired) electrons. The number of aromatic nitrogens is 1. The van der Waals surface area contributed by atoms with Crippen LogP contribution < -0.4 is 13.8 Å². The van der Waals surface area contributed by atoms with Crippen LogP contribution in [0.5, 0.6) is 11.5 Å². The standard InChI is InChI=1S/C35H37N5O6S/c1-5-38(6-2)23-25-10-16-32(45-4)29(21-25)35(39-18-7-8-31(39)33-37-17-19-46-33)28-20-24(22-36)9-15-30(28)40(34(35)41)47(42,43)27-13-11-26(44-3)12-14-27/h9-17,19-21,31H,5-8,18,23H2,1-4H3. The summed E-state index contributed by atoms with van der Waals surface area (Å²) in [5.41, 5.74) is 0.515. The third kappa shape index (κ3) is 5.24. The van der Waals surface area contributed by atoms with Gasteiger partial charge in [-0.2, -0.15) is 5.26 Å². The van der Waals surface area contributed by atoms with Crippen molar-refractivity contribution >= 4 is 21.6 Å². The predicted molar refractivity (Wildman–Crippen MR) is 174 cm³/mol. The van der Waals surface area contributed by atoms with Crippen molar-refractivity contribution < 1.29 is 27.1 Å². The Hall–Kier alpha value is -4.70. The van der Waals surface area contributed by atoms with Crippen molar-refractivity contribution in [2.45, 2.75) is 49.7 Å². The number of oxazole rings is 1. The van der Waals surface area contributed by atoms with Crippen molar-refractivity contribution in [3.05, 3.63) is 101 Å². The van der Waals surface area contributed by atoms with Gasteiger partial charge in [-0.1, -0.05) is 19.9 Å². The van der Waals surface area contributed by atoms with E-state index >= 15 is 4.79 Å². The number of carbonyl (C=O) groups excluding carboxylic acids is 1. The smallest absolute Gasteiger partial charge is 0.271 e. The van der Waals surface area contributed by atoms with Gasteiger partial charge in [0.2, 0.25) is 5.89 Å². The number of ether oxygens (including phenoxy) is 2. The molecule has 1 amide bonds. The Morgan fingerprint density at radius 2 is 1.81 bits per heavy atom. The van der Waals surface area contributed by atoms with Gasteiger partial charge in [0.05, 0.1) is 48.7 Å². The average Bonchev–Trinajstić information content (AvgIpc) is 3.86. The molecule has 0 aliphatic carbocycles. The third-order valence-electron chi connectivity index (χ3n) is 9.20. The van der Waals surface area contributed by atoms with Crippen LogP contribution in [0.25, 0.3) is 0 Å². The minimum absolute atomic E-state index is 0.0781. The van der Waals surface area contributed by atoms with E-state index in [1.807, 2.05) is 23.1 Å². The molecule has 2 atom stereocenters. The number of carbonyl (C=O) groups is 1. The van der Waals surface area contributed by atoms with Gasteiger partial charge in [-0.25, -0.2) is 17.7 Å². The molecule has 1 aromatic heterocycles. The minimum atomic E-state index is -4.45. The Bertz CT molecular complexity index is 1920. The summed E-state index contributed by atoms with van der Waals surface area (Å²) >= 11 is 0. The molecule has 0 spiro atoms. The first-order valence-electron chi connectivity index (χ1n) is 15.6. The fraction of sp³-hybridized carbons (Fsp3) is 0.343. The van der Waals surface area contributed by atoms with E-state index in [2.05, 4.69) is 29.8 Å². The number of nitriles is 1. The number of hydrogen-bond donors (Lipinski definition) is 0. The van der Waals surface area contributed by atoms with E-state index in [9.17, 15) is 13.7 Å². The maximum atomic E-state index is 15.5. The molecule has 0 bridgehead atoms. The van der Waals surface area contributed by atoms with Crippen molar-refractivity contribution in [3.63, 3.8) is 0 Å². The second-order valence-electron chi connectivity index (χ2n) is 11.5. The van der Waals surface area contributed by atoms with Crippen LogP contribution in [0.1, 0.15) is 60.9 Å². The number of rotatable bonds is 11. The molecule has 6 rings (SSSR count). The van der Waals surface area contributed by atoms with E-state index in [0.717, 1.165) is 23.0 Å². The molecule has 2 unspecified atom stereocenters. The number of fused-ring (bicyclic) bond motifs is 1. The van der Waals surface area contributed by atoms with Crippen LogP contribution in [-0.2, 0) is 26.9 Å². The lowest BCUT2D eigenvalue weighted by molar-refractivity contribution is -0.127. The van der Waals surface area contributed by atoms with Crippen LogP contribution in [0.3, 0.4) is 0 Å². The topological polar surface area (TPSA) is 129 Å². The first-order valence-corrected chi connectivity index (χ1v) is 17.0. The van der Waals surface area contributed by atoms with Crippen molar-refractivity contribution in [2.24, 2.45) is 0 Å². The highest BCUT2D eigenvalue weighted by Crippen LogP contribution is 2.56. The summed E-state index contributed by atoms with van der Waals surface area (Å²) in [6.45, 7) is 6.85. The summed E-state index contributed by atoms with van der Waals surface area (Å²) in [5, 5.41) is 10.0. The second kappa shape index (κ2) is 12.8. The Morgan fingerprint density at radius 3 is 2.45 bits per heavy atom. The molecule has 0 N–H and O–H groups in total. The molecule has 244 valence electrons. The first-order chi connectivity index (χ1) is 22.7. The largest absolute Gasteiger partial charge is 0.497 e. The van der Waals surface area contributed by atoms with Gasteiger partial charge in [0.1, 0.15) is 17.8 Å². The number of likely N-dealkylation sites (tertiary alicyclic amines) is 1. The van der Waals surface area contributed by atoms with Crippen LogP contribution >= 0.6 is 0 Å². The van der Waals surface area contributed by atoms with Crippen LogP contribution in [0.15, 0.2) is 82.4 Å². The molecular weight excluding hydrogens is 618 g/mol. The van der Waals surface area contributed by atoms with Crippen LogP contribution in [0, 0.1) is 11.3 Å². The number of hydrogen-bond acceptors (Lipinski definition) is 10. The molecule has 0 saturated carbocycles. The lowest BCUT2D eigenvalue weighted by atomic mass is 9.79. The number of nitrogens with zero attached hydrogens (tertiary/aromatic N) is 5. The number of methoxy groups -OCH3 is 2. The molecule has 47 heavy (non-hydrogen) atoms. The zero-order valence-electron chi connectivity index (χ0n) is 26.8. The van der Waals surface area contributed by atoms with E-state index in [4.69, 9.17) is 13.9 Å². The summed E-state index contributed by atoms with van der Waals surface area (Å²) in [6.07, 6.45) is 4.36. The average molecular weight is 656 g/mol. The van der Waals surface area contributed by atoms with Gasteiger partial charge in [0.15, 0.2) is 5.54 Å². The predicted octanol–water partition coefficient (Wildman–Crippen LogP) is 5.22. The van der Waals surface area contributed by atoms with E-state index in [-0.39, 0.29) is 16.1 Å². The van der Waals surface area contributed by atoms with E-state index in [1.165, 1.54) is 44.7 Å². The highest BCUT2D eigenvalue weighted by atomic mass is 32.2. The number of sulfonamides is 1.